The second-order valence-corrected chi connectivity index (χ2v) is 7.80. The molecule has 2 bridgehead atoms. The molecule has 3 aliphatic heterocycles. The number of amides is 1. The van der Waals surface area contributed by atoms with E-state index in [4.69, 9.17) is 0 Å². The van der Waals surface area contributed by atoms with Gasteiger partial charge in [0.05, 0.1) is 12.0 Å². The van der Waals surface area contributed by atoms with Crippen LogP contribution >= 0.6 is 0 Å². The third-order valence-corrected chi connectivity index (χ3v) is 6.45. The lowest BCUT2D eigenvalue weighted by Gasteiger charge is -2.33. The molecule has 3 aliphatic rings. The van der Waals surface area contributed by atoms with Gasteiger partial charge in [-0.1, -0.05) is 30.3 Å². The molecular formula is C21H23N3O3. The van der Waals surface area contributed by atoms with Crippen LogP contribution in [0.4, 0.5) is 0 Å². The molecule has 2 N–H and O–H groups in total. The maximum absolute atomic E-state index is 13.5. The molecule has 0 aliphatic carbocycles. The van der Waals surface area contributed by atoms with E-state index in [0.29, 0.717) is 19.6 Å². The Balaban J connectivity index is 1.49. The van der Waals surface area contributed by atoms with Crippen molar-refractivity contribution < 1.29 is 9.90 Å². The number of rotatable bonds is 2. The Hall–Kier alpha value is -2.44. The van der Waals surface area contributed by atoms with Crippen LogP contribution in [0, 0.1) is 11.8 Å². The zero-order valence-corrected chi connectivity index (χ0v) is 15.0. The minimum atomic E-state index is -0.346. The van der Waals surface area contributed by atoms with E-state index in [2.05, 4.69) is 17.4 Å². The molecule has 1 fully saturated rings. The van der Waals surface area contributed by atoms with Crippen LogP contribution in [0.5, 0.6) is 0 Å². The monoisotopic (exact) mass is 365 g/mol. The van der Waals surface area contributed by atoms with Gasteiger partial charge in [-0.25, -0.2) is 0 Å². The summed E-state index contributed by atoms with van der Waals surface area (Å²) in [5.74, 6) is -0.451. The third-order valence-electron chi connectivity index (χ3n) is 6.45. The summed E-state index contributed by atoms with van der Waals surface area (Å²) < 4.78 is 1.76. The first-order valence-corrected chi connectivity index (χ1v) is 9.59. The smallest absolute Gasteiger partial charge is 0.250 e. The molecule has 4 atom stereocenters. The Labute approximate surface area is 157 Å². The molecule has 0 saturated carbocycles. The van der Waals surface area contributed by atoms with Crippen molar-refractivity contribution >= 4 is 5.91 Å². The molecule has 1 amide bonds. The molecule has 6 nitrogen and oxygen atoms in total. The van der Waals surface area contributed by atoms with Crippen molar-refractivity contribution in [2.24, 2.45) is 11.8 Å². The number of hydrogen-bond acceptors (Lipinski definition) is 4. The second kappa shape index (κ2) is 6.32. The van der Waals surface area contributed by atoms with Crippen molar-refractivity contribution in [2.45, 2.75) is 31.6 Å². The summed E-state index contributed by atoms with van der Waals surface area (Å²) in [6.45, 7) is 1.76. The van der Waals surface area contributed by atoms with Crippen LogP contribution in [-0.2, 0) is 24.3 Å². The molecule has 1 aromatic carbocycles. The number of fused-ring (bicyclic) bond motifs is 5. The number of aliphatic hydroxyl groups is 1. The summed E-state index contributed by atoms with van der Waals surface area (Å²) in [5, 5.41) is 13.5. The molecule has 1 aromatic heterocycles. The minimum absolute atomic E-state index is 0.0410. The highest BCUT2D eigenvalue weighted by molar-refractivity contribution is 5.81. The Morgan fingerprint density at radius 3 is 2.78 bits per heavy atom. The van der Waals surface area contributed by atoms with E-state index >= 15 is 0 Å². The number of hydrogen-bond donors (Lipinski definition) is 2. The number of nitrogens with one attached hydrogen (secondary N) is 1. The van der Waals surface area contributed by atoms with Gasteiger partial charge in [0.1, 0.15) is 0 Å². The van der Waals surface area contributed by atoms with Gasteiger partial charge in [-0.15, -0.1) is 0 Å². The fourth-order valence-corrected chi connectivity index (χ4v) is 5.07. The fraction of sp³-hybridized carbons (Fsp3) is 0.429. The predicted octanol–water partition coefficient (Wildman–Crippen LogP) is 0.684. The van der Waals surface area contributed by atoms with Crippen molar-refractivity contribution in [3.05, 3.63) is 69.6 Å². The summed E-state index contributed by atoms with van der Waals surface area (Å²) in [6, 6.07) is 13.2. The Kier molecular flexibility index (Phi) is 3.91. The quantitative estimate of drug-likeness (QED) is 0.821. The van der Waals surface area contributed by atoms with Crippen LogP contribution in [0.1, 0.15) is 22.9 Å². The van der Waals surface area contributed by atoms with Crippen molar-refractivity contribution in [3.63, 3.8) is 0 Å². The fourth-order valence-electron chi connectivity index (χ4n) is 5.07. The highest BCUT2D eigenvalue weighted by Crippen LogP contribution is 2.42. The maximum Gasteiger partial charge on any atom is 0.250 e. The lowest BCUT2D eigenvalue weighted by molar-refractivity contribution is -0.138. The van der Waals surface area contributed by atoms with Gasteiger partial charge in [0.2, 0.25) is 5.91 Å². The van der Waals surface area contributed by atoms with Crippen molar-refractivity contribution in [1.82, 2.24) is 14.8 Å². The number of aromatic nitrogens is 1. The van der Waals surface area contributed by atoms with E-state index in [1.54, 1.807) is 16.7 Å². The van der Waals surface area contributed by atoms with Gasteiger partial charge < -0.3 is 19.9 Å². The Morgan fingerprint density at radius 2 is 1.96 bits per heavy atom. The molecule has 2 aromatic rings. The molecule has 6 heteroatoms. The van der Waals surface area contributed by atoms with Crippen LogP contribution in [-0.4, -0.2) is 39.7 Å². The number of carbonyl (C=O) groups is 1. The summed E-state index contributed by atoms with van der Waals surface area (Å²) in [7, 11) is 0. The minimum Gasteiger partial charge on any atom is -0.396 e. The first-order chi connectivity index (χ1) is 13.2. The zero-order chi connectivity index (χ0) is 18.5. The first-order valence-electron chi connectivity index (χ1n) is 9.59. The second-order valence-electron chi connectivity index (χ2n) is 7.80. The molecule has 140 valence electrons. The average Bonchev–Trinajstić information content (AvgIpc) is 3.00. The van der Waals surface area contributed by atoms with E-state index in [-0.39, 0.29) is 42.0 Å². The third kappa shape index (κ3) is 2.55. The normalized spacial score (nSPS) is 28.6. The van der Waals surface area contributed by atoms with E-state index < -0.39 is 0 Å². The number of carbonyl (C=O) groups excluding carboxylic acids is 1. The van der Waals surface area contributed by atoms with Gasteiger partial charge >= 0.3 is 0 Å². The molecule has 5 rings (SSSR count). The van der Waals surface area contributed by atoms with E-state index in [1.165, 1.54) is 11.1 Å². The van der Waals surface area contributed by atoms with E-state index in [0.717, 1.165) is 12.1 Å². The standard InChI is InChI=1S/C21H23N3O3/c25-12-15-16-11-24-17(6-3-7-18(24)26)20(22-16)19(15)21(27)23-9-8-13-4-1-2-5-14(13)10-23/h1-7,15-16,19-20,22,25H,8-12H2/t15-,16-,19+,20+/m0/s1. The van der Waals surface area contributed by atoms with Gasteiger partial charge in [0, 0.05) is 50.0 Å². The van der Waals surface area contributed by atoms with Gasteiger partial charge in [0.15, 0.2) is 0 Å². The molecule has 4 heterocycles. The maximum atomic E-state index is 13.5. The molecule has 1 saturated heterocycles. The van der Waals surface area contributed by atoms with Crippen LogP contribution in [0.15, 0.2) is 47.3 Å². The van der Waals surface area contributed by atoms with Crippen molar-refractivity contribution in [1.29, 1.82) is 0 Å². The number of aliphatic hydroxyl groups excluding tert-OH is 1. The molecule has 0 radical (unpaired) electrons. The summed E-state index contributed by atoms with van der Waals surface area (Å²) in [6.07, 6.45) is 0.857. The summed E-state index contributed by atoms with van der Waals surface area (Å²) in [5.41, 5.74) is 3.31. The molecule has 27 heavy (non-hydrogen) atoms. The van der Waals surface area contributed by atoms with Crippen LogP contribution in [0.3, 0.4) is 0 Å². The Bertz CT molecular complexity index is 954. The number of pyridine rings is 1. The Morgan fingerprint density at radius 1 is 1.15 bits per heavy atom. The molecule has 0 spiro atoms. The van der Waals surface area contributed by atoms with Crippen LogP contribution in [0.2, 0.25) is 0 Å². The van der Waals surface area contributed by atoms with Gasteiger partial charge in [-0.3, -0.25) is 9.59 Å². The van der Waals surface area contributed by atoms with Gasteiger partial charge in [-0.05, 0) is 23.6 Å². The summed E-state index contributed by atoms with van der Waals surface area (Å²) >= 11 is 0. The predicted molar refractivity (Wildman–Crippen MR) is 100.0 cm³/mol. The van der Waals surface area contributed by atoms with E-state index in [1.807, 2.05) is 23.1 Å². The largest absolute Gasteiger partial charge is 0.396 e. The van der Waals surface area contributed by atoms with Gasteiger partial charge in [0.25, 0.3) is 5.56 Å². The van der Waals surface area contributed by atoms with Crippen LogP contribution in [0.25, 0.3) is 0 Å². The highest BCUT2D eigenvalue weighted by atomic mass is 16.3. The molecule has 0 unspecified atom stereocenters. The van der Waals surface area contributed by atoms with Crippen LogP contribution < -0.4 is 10.9 Å². The lowest BCUT2D eigenvalue weighted by Crippen LogP contribution is -2.44. The average molecular weight is 365 g/mol. The summed E-state index contributed by atoms with van der Waals surface area (Å²) in [4.78, 5) is 27.7. The zero-order valence-electron chi connectivity index (χ0n) is 15.0. The van der Waals surface area contributed by atoms with Crippen molar-refractivity contribution in [2.75, 3.05) is 13.2 Å². The lowest BCUT2D eigenvalue weighted by atomic mass is 9.85. The SMILES string of the molecule is O=C([C@@H]1[C@@H](CO)[C@@H]2Cn3c(cccc3=O)[C@H]1N2)N1CCc2ccccc2C1. The number of nitrogens with zero attached hydrogens (tertiary/aromatic N) is 2. The topological polar surface area (TPSA) is 74.6 Å². The first kappa shape index (κ1) is 16.7. The number of benzene rings is 1. The van der Waals surface area contributed by atoms with E-state index in [9.17, 15) is 14.7 Å². The van der Waals surface area contributed by atoms with Crippen molar-refractivity contribution in [3.8, 4) is 0 Å². The highest BCUT2D eigenvalue weighted by Gasteiger charge is 2.51. The van der Waals surface area contributed by atoms with Gasteiger partial charge in [-0.2, -0.15) is 0 Å². The molecular weight excluding hydrogens is 342 g/mol.